The van der Waals surface area contributed by atoms with Crippen molar-refractivity contribution in [2.75, 3.05) is 19.4 Å². The zero-order chi connectivity index (χ0) is 14.8. The van der Waals surface area contributed by atoms with Gasteiger partial charge in [0, 0.05) is 20.3 Å². The second-order valence-electron chi connectivity index (χ2n) is 4.55. The third kappa shape index (κ3) is 3.00. The van der Waals surface area contributed by atoms with E-state index in [1.807, 2.05) is 13.0 Å². The van der Waals surface area contributed by atoms with Gasteiger partial charge < -0.3 is 9.73 Å². The van der Waals surface area contributed by atoms with Crippen LogP contribution in [-0.4, -0.2) is 31.8 Å². The summed E-state index contributed by atoms with van der Waals surface area (Å²) in [5.41, 5.74) is 1.95. The molecule has 0 aromatic carbocycles. The molecule has 0 fully saturated rings. The van der Waals surface area contributed by atoms with Crippen LogP contribution < -0.4 is 5.32 Å². The van der Waals surface area contributed by atoms with Crippen LogP contribution in [0.2, 0.25) is 0 Å². The fraction of sp³-hybridized carbons (Fsp3) is 0.308. The highest BCUT2D eigenvalue weighted by atomic mass is 32.2. The zero-order valence-corrected chi connectivity index (χ0v) is 12.4. The standard InChI is InChI=1S/C13H17N3O3S/c1-10-6-7-14-9-12(10)15-8-11-4-5-13(19-11)20(17,18)16(2)3/h4-7,9,15H,8H2,1-3H3. The Bertz CT molecular complexity index is 692. The molecule has 0 atom stereocenters. The number of nitrogens with one attached hydrogen (secondary N) is 1. The highest BCUT2D eigenvalue weighted by Crippen LogP contribution is 2.18. The van der Waals surface area contributed by atoms with E-state index < -0.39 is 10.0 Å². The third-order valence-corrected chi connectivity index (χ3v) is 4.55. The molecule has 0 aliphatic heterocycles. The number of sulfonamides is 1. The van der Waals surface area contributed by atoms with Crippen LogP contribution in [0.25, 0.3) is 0 Å². The summed E-state index contributed by atoms with van der Waals surface area (Å²) in [6.07, 6.45) is 3.44. The molecule has 0 bridgehead atoms. The summed E-state index contributed by atoms with van der Waals surface area (Å²) in [6, 6.07) is 5.00. The van der Waals surface area contributed by atoms with Gasteiger partial charge in [0.25, 0.3) is 10.0 Å². The first-order chi connectivity index (χ1) is 9.41. The molecule has 0 saturated heterocycles. The Morgan fingerprint density at radius 2 is 2.05 bits per heavy atom. The Kier molecular flexibility index (Phi) is 4.10. The van der Waals surface area contributed by atoms with E-state index in [1.54, 1.807) is 18.5 Å². The van der Waals surface area contributed by atoms with Gasteiger partial charge in [-0.25, -0.2) is 12.7 Å². The Hall–Kier alpha value is -1.86. The predicted molar refractivity (Wildman–Crippen MR) is 75.9 cm³/mol. The quantitative estimate of drug-likeness (QED) is 0.911. The van der Waals surface area contributed by atoms with Crippen LogP contribution in [0.3, 0.4) is 0 Å². The van der Waals surface area contributed by atoms with Crippen molar-refractivity contribution >= 4 is 15.7 Å². The molecule has 2 aromatic heterocycles. The van der Waals surface area contributed by atoms with Crippen molar-refractivity contribution in [3.8, 4) is 0 Å². The van der Waals surface area contributed by atoms with Crippen molar-refractivity contribution in [2.45, 2.75) is 18.6 Å². The Labute approximate surface area is 118 Å². The SMILES string of the molecule is Cc1ccncc1NCc1ccc(S(=O)(=O)N(C)C)o1. The summed E-state index contributed by atoms with van der Waals surface area (Å²) in [5, 5.41) is 3.11. The Morgan fingerprint density at radius 3 is 2.70 bits per heavy atom. The fourth-order valence-electron chi connectivity index (χ4n) is 1.60. The summed E-state index contributed by atoms with van der Waals surface area (Å²) >= 11 is 0. The van der Waals surface area contributed by atoms with Gasteiger partial charge in [0.1, 0.15) is 5.76 Å². The number of furan rings is 1. The molecule has 2 rings (SSSR count). The number of rotatable bonds is 5. The molecule has 2 heterocycles. The summed E-state index contributed by atoms with van der Waals surface area (Å²) in [4.78, 5) is 4.03. The van der Waals surface area contributed by atoms with Gasteiger partial charge in [-0.15, -0.1) is 0 Å². The summed E-state index contributed by atoms with van der Waals surface area (Å²) < 4.78 is 30.2. The first-order valence-corrected chi connectivity index (χ1v) is 7.51. The maximum absolute atomic E-state index is 11.9. The van der Waals surface area contributed by atoms with Crippen LogP contribution in [0.15, 0.2) is 40.1 Å². The van der Waals surface area contributed by atoms with Gasteiger partial charge in [-0.05, 0) is 30.7 Å². The molecule has 0 aliphatic rings. The second-order valence-corrected chi connectivity index (χ2v) is 6.64. The van der Waals surface area contributed by atoms with Crippen molar-refractivity contribution in [2.24, 2.45) is 0 Å². The molecular weight excluding hydrogens is 278 g/mol. The number of aromatic nitrogens is 1. The van der Waals surface area contributed by atoms with E-state index in [0.717, 1.165) is 15.6 Å². The lowest BCUT2D eigenvalue weighted by Crippen LogP contribution is -2.21. The number of hydrogen-bond donors (Lipinski definition) is 1. The first kappa shape index (κ1) is 14.5. The summed E-state index contributed by atoms with van der Waals surface area (Å²) in [6.45, 7) is 2.36. The fourth-order valence-corrected chi connectivity index (χ4v) is 2.42. The van der Waals surface area contributed by atoms with E-state index in [2.05, 4.69) is 10.3 Å². The first-order valence-electron chi connectivity index (χ1n) is 6.07. The maximum atomic E-state index is 11.9. The lowest BCUT2D eigenvalue weighted by Gasteiger charge is -2.08. The molecule has 2 aromatic rings. The maximum Gasteiger partial charge on any atom is 0.275 e. The molecule has 0 unspecified atom stereocenters. The van der Waals surface area contributed by atoms with Gasteiger partial charge in [-0.2, -0.15) is 0 Å². The topological polar surface area (TPSA) is 75.4 Å². The average Bonchev–Trinajstić information content (AvgIpc) is 2.87. The van der Waals surface area contributed by atoms with Crippen LogP contribution in [-0.2, 0) is 16.6 Å². The molecule has 0 saturated carbocycles. The third-order valence-electron chi connectivity index (χ3n) is 2.86. The van der Waals surface area contributed by atoms with E-state index in [1.165, 1.54) is 20.2 Å². The van der Waals surface area contributed by atoms with Crippen molar-refractivity contribution in [1.29, 1.82) is 0 Å². The van der Waals surface area contributed by atoms with Gasteiger partial charge in [-0.3, -0.25) is 4.98 Å². The Balaban J connectivity index is 2.10. The molecular formula is C13H17N3O3S. The van der Waals surface area contributed by atoms with E-state index in [-0.39, 0.29) is 5.09 Å². The molecule has 108 valence electrons. The van der Waals surface area contributed by atoms with E-state index in [4.69, 9.17) is 4.42 Å². The smallest absolute Gasteiger partial charge is 0.275 e. The van der Waals surface area contributed by atoms with Gasteiger partial charge in [0.05, 0.1) is 18.4 Å². The largest absolute Gasteiger partial charge is 0.446 e. The van der Waals surface area contributed by atoms with Crippen molar-refractivity contribution in [1.82, 2.24) is 9.29 Å². The van der Waals surface area contributed by atoms with Gasteiger partial charge >= 0.3 is 0 Å². The number of aryl methyl sites for hydroxylation is 1. The highest BCUT2D eigenvalue weighted by Gasteiger charge is 2.21. The summed E-state index contributed by atoms with van der Waals surface area (Å²) in [7, 11) is -0.587. The summed E-state index contributed by atoms with van der Waals surface area (Å²) in [5.74, 6) is 0.550. The molecule has 0 amide bonds. The van der Waals surface area contributed by atoms with Crippen LogP contribution in [0.5, 0.6) is 0 Å². The molecule has 7 heteroatoms. The lowest BCUT2D eigenvalue weighted by molar-refractivity contribution is 0.402. The minimum Gasteiger partial charge on any atom is -0.446 e. The highest BCUT2D eigenvalue weighted by molar-refractivity contribution is 7.88. The lowest BCUT2D eigenvalue weighted by atomic mass is 10.2. The molecule has 20 heavy (non-hydrogen) atoms. The minimum atomic E-state index is -3.52. The number of anilines is 1. The van der Waals surface area contributed by atoms with Crippen LogP contribution >= 0.6 is 0 Å². The van der Waals surface area contributed by atoms with Crippen molar-refractivity contribution in [3.63, 3.8) is 0 Å². The normalized spacial score (nSPS) is 11.8. The van der Waals surface area contributed by atoms with Gasteiger partial charge in [0.2, 0.25) is 5.09 Å². The molecule has 6 nitrogen and oxygen atoms in total. The molecule has 1 N–H and O–H groups in total. The van der Waals surface area contributed by atoms with Crippen molar-refractivity contribution < 1.29 is 12.8 Å². The van der Waals surface area contributed by atoms with Crippen LogP contribution in [0.1, 0.15) is 11.3 Å². The van der Waals surface area contributed by atoms with E-state index >= 15 is 0 Å². The van der Waals surface area contributed by atoms with Gasteiger partial charge in [0.15, 0.2) is 0 Å². The number of hydrogen-bond acceptors (Lipinski definition) is 5. The zero-order valence-electron chi connectivity index (χ0n) is 11.6. The Morgan fingerprint density at radius 1 is 1.30 bits per heavy atom. The second kappa shape index (κ2) is 5.64. The molecule has 0 spiro atoms. The van der Waals surface area contributed by atoms with E-state index in [0.29, 0.717) is 12.3 Å². The molecule has 0 radical (unpaired) electrons. The average molecular weight is 295 g/mol. The van der Waals surface area contributed by atoms with Crippen molar-refractivity contribution in [3.05, 3.63) is 41.9 Å². The number of nitrogens with zero attached hydrogens (tertiary/aromatic N) is 2. The van der Waals surface area contributed by atoms with Crippen LogP contribution in [0, 0.1) is 6.92 Å². The minimum absolute atomic E-state index is 0.0535. The predicted octanol–water partition coefficient (Wildman–Crippen LogP) is 1.85. The van der Waals surface area contributed by atoms with E-state index in [9.17, 15) is 8.42 Å². The van der Waals surface area contributed by atoms with Crippen LogP contribution in [0.4, 0.5) is 5.69 Å². The van der Waals surface area contributed by atoms with Gasteiger partial charge in [-0.1, -0.05) is 0 Å². The molecule has 0 aliphatic carbocycles. The number of pyridine rings is 1. The monoisotopic (exact) mass is 295 g/mol.